The summed E-state index contributed by atoms with van der Waals surface area (Å²) in [6, 6.07) is 11.2. The highest BCUT2D eigenvalue weighted by molar-refractivity contribution is 7.89. The molecule has 166 valence electrons. The maximum atomic E-state index is 12.6. The van der Waals surface area contributed by atoms with E-state index < -0.39 is 28.4 Å². The number of pyridine rings is 1. The summed E-state index contributed by atoms with van der Waals surface area (Å²) in [5.41, 5.74) is 1.55. The molecule has 1 aliphatic heterocycles. The van der Waals surface area contributed by atoms with Gasteiger partial charge in [0.25, 0.3) is 0 Å². The Morgan fingerprint density at radius 1 is 1.06 bits per heavy atom. The zero-order valence-electron chi connectivity index (χ0n) is 17.1. The normalized spacial score (nSPS) is 14.4. The molecule has 4 rings (SSSR count). The second-order valence-electron chi connectivity index (χ2n) is 7.26. The van der Waals surface area contributed by atoms with Crippen LogP contribution in [0.25, 0.3) is 10.7 Å². The summed E-state index contributed by atoms with van der Waals surface area (Å²) in [5.74, 6) is -0.972. The smallest absolute Gasteiger partial charge is 0.312 e. The van der Waals surface area contributed by atoms with E-state index in [1.165, 1.54) is 39.9 Å². The second kappa shape index (κ2) is 9.68. The van der Waals surface area contributed by atoms with E-state index in [-0.39, 0.29) is 16.9 Å². The lowest BCUT2D eigenvalue weighted by Crippen LogP contribution is -2.27. The lowest BCUT2D eigenvalue weighted by atomic mass is 10.1. The van der Waals surface area contributed by atoms with Crippen LogP contribution in [-0.2, 0) is 26.0 Å². The van der Waals surface area contributed by atoms with Gasteiger partial charge in [-0.3, -0.25) is 14.6 Å². The fourth-order valence-corrected chi connectivity index (χ4v) is 5.63. The van der Waals surface area contributed by atoms with Crippen LogP contribution in [0.4, 0.5) is 0 Å². The van der Waals surface area contributed by atoms with Crippen LogP contribution >= 0.6 is 11.3 Å². The summed E-state index contributed by atoms with van der Waals surface area (Å²) in [7, 11) is -3.53. The van der Waals surface area contributed by atoms with Gasteiger partial charge >= 0.3 is 5.97 Å². The third-order valence-electron chi connectivity index (χ3n) is 5.00. The molecule has 0 unspecified atom stereocenters. The molecule has 0 radical (unpaired) electrons. The fraction of sp³-hybridized carbons (Fsp3) is 0.273. The molecule has 0 saturated carbocycles. The van der Waals surface area contributed by atoms with E-state index >= 15 is 0 Å². The molecule has 0 atom stereocenters. The van der Waals surface area contributed by atoms with Gasteiger partial charge in [-0.25, -0.2) is 13.4 Å². The predicted octanol–water partition coefficient (Wildman–Crippen LogP) is 2.96. The molecular formula is C22H21N3O5S2. The minimum Gasteiger partial charge on any atom is -0.457 e. The molecule has 1 saturated heterocycles. The SMILES string of the molecule is O=C(Cc1csc(-c2ccccn2)n1)OCC(=O)c1ccc(S(=O)(=O)N2CCCC2)cc1. The van der Waals surface area contributed by atoms with Crippen LogP contribution in [0.3, 0.4) is 0 Å². The number of thiazole rings is 1. The summed E-state index contributed by atoms with van der Waals surface area (Å²) in [4.78, 5) is 33.2. The van der Waals surface area contributed by atoms with Crippen molar-refractivity contribution in [1.29, 1.82) is 0 Å². The molecule has 1 aliphatic rings. The maximum Gasteiger partial charge on any atom is 0.312 e. The lowest BCUT2D eigenvalue weighted by Gasteiger charge is -2.15. The number of hydrogen-bond donors (Lipinski definition) is 0. The zero-order valence-corrected chi connectivity index (χ0v) is 18.8. The van der Waals surface area contributed by atoms with Gasteiger partial charge in [-0.1, -0.05) is 6.07 Å². The standard InChI is InChI=1S/C22H21N3O5S2/c26-20(16-6-8-18(9-7-16)32(28,29)25-11-3-4-12-25)14-30-21(27)13-17-15-31-22(24-17)19-5-1-2-10-23-19/h1-2,5-10,15H,3-4,11-14H2. The first kappa shape index (κ1) is 22.3. The van der Waals surface area contributed by atoms with Gasteiger partial charge in [-0.15, -0.1) is 11.3 Å². The van der Waals surface area contributed by atoms with Crippen molar-refractivity contribution >= 4 is 33.1 Å². The quantitative estimate of drug-likeness (QED) is 0.367. The first-order valence-electron chi connectivity index (χ1n) is 10.1. The van der Waals surface area contributed by atoms with Crippen LogP contribution in [0.2, 0.25) is 0 Å². The van der Waals surface area contributed by atoms with Crippen molar-refractivity contribution in [2.24, 2.45) is 0 Å². The van der Waals surface area contributed by atoms with E-state index in [0.717, 1.165) is 18.5 Å². The Balaban J connectivity index is 1.31. The molecule has 2 aromatic heterocycles. The van der Waals surface area contributed by atoms with E-state index in [1.807, 2.05) is 18.2 Å². The fourth-order valence-electron chi connectivity index (χ4n) is 3.31. The third kappa shape index (κ3) is 5.09. The Hall–Kier alpha value is -2.95. The van der Waals surface area contributed by atoms with Crippen molar-refractivity contribution < 1.29 is 22.7 Å². The molecule has 8 nitrogen and oxygen atoms in total. The van der Waals surface area contributed by atoms with Crippen LogP contribution < -0.4 is 0 Å². The van der Waals surface area contributed by atoms with Gasteiger partial charge in [-0.05, 0) is 49.2 Å². The summed E-state index contributed by atoms with van der Waals surface area (Å²) in [6.07, 6.45) is 3.33. The molecular weight excluding hydrogens is 450 g/mol. The number of hydrogen-bond acceptors (Lipinski definition) is 8. The highest BCUT2D eigenvalue weighted by Crippen LogP contribution is 2.22. The number of ketones is 1. The Kier molecular flexibility index (Phi) is 6.73. The molecule has 1 aromatic carbocycles. The zero-order chi connectivity index (χ0) is 22.6. The predicted molar refractivity (Wildman–Crippen MR) is 119 cm³/mol. The largest absolute Gasteiger partial charge is 0.457 e. The first-order chi connectivity index (χ1) is 15.4. The van der Waals surface area contributed by atoms with Crippen LogP contribution in [0.5, 0.6) is 0 Å². The molecule has 0 amide bonds. The molecule has 3 aromatic rings. The van der Waals surface area contributed by atoms with Gasteiger partial charge in [0.15, 0.2) is 12.4 Å². The Morgan fingerprint density at radius 2 is 1.81 bits per heavy atom. The molecule has 32 heavy (non-hydrogen) atoms. The molecule has 3 heterocycles. The van der Waals surface area contributed by atoms with Gasteiger partial charge in [0, 0.05) is 30.2 Å². The number of aromatic nitrogens is 2. The van der Waals surface area contributed by atoms with Crippen LogP contribution in [0.1, 0.15) is 28.9 Å². The van der Waals surface area contributed by atoms with E-state index in [0.29, 0.717) is 23.8 Å². The number of benzene rings is 1. The van der Waals surface area contributed by atoms with Crippen molar-refractivity contribution in [2.75, 3.05) is 19.7 Å². The lowest BCUT2D eigenvalue weighted by molar-refractivity contribution is -0.141. The van der Waals surface area contributed by atoms with E-state index in [4.69, 9.17) is 4.74 Å². The molecule has 10 heteroatoms. The van der Waals surface area contributed by atoms with Crippen LogP contribution in [0.15, 0.2) is 58.9 Å². The number of Topliss-reactive ketones (excluding diaryl/α,β-unsaturated/α-hetero) is 1. The molecule has 0 aliphatic carbocycles. The van der Waals surface area contributed by atoms with E-state index in [1.54, 1.807) is 11.6 Å². The Morgan fingerprint density at radius 3 is 2.50 bits per heavy atom. The van der Waals surface area contributed by atoms with Gasteiger partial charge in [-0.2, -0.15) is 4.31 Å². The summed E-state index contributed by atoms with van der Waals surface area (Å²) in [5, 5.41) is 2.46. The average Bonchev–Trinajstić information content (AvgIpc) is 3.51. The van der Waals surface area contributed by atoms with Gasteiger partial charge < -0.3 is 4.74 Å². The van der Waals surface area contributed by atoms with Crippen molar-refractivity contribution in [3.05, 3.63) is 65.3 Å². The number of esters is 1. The number of rotatable bonds is 8. The molecule has 0 N–H and O–H groups in total. The number of carbonyl (C=O) groups is 2. The summed E-state index contributed by atoms with van der Waals surface area (Å²) >= 11 is 1.38. The van der Waals surface area contributed by atoms with Crippen molar-refractivity contribution in [1.82, 2.24) is 14.3 Å². The number of carbonyl (C=O) groups excluding carboxylic acids is 2. The van der Waals surface area contributed by atoms with Crippen molar-refractivity contribution in [2.45, 2.75) is 24.2 Å². The van der Waals surface area contributed by atoms with Gasteiger partial charge in [0.1, 0.15) is 5.01 Å². The summed E-state index contributed by atoms with van der Waals surface area (Å²) < 4.78 is 31.7. The monoisotopic (exact) mass is 471 g/mol. The molecule has 1 fully saturated rings. The topological polar surface area (TPSA) is 107 Å². The molecule has 0 spiro atoms. The first-order valence-corrected chi connectivity index (χ1v) is 12.4. The Bertz CT molecular complexity index is 1200. The summed E-state index contributed by atoms with van der Waals surface area (Å²) in [6.45, 7) is 0.608. The minimum atomic E-state index is -3.53. The Labute approximate surface area is 189 Å². The third-order valence-corrected chi connectivity index (χ3v) is 7.83. The van der Waals surface area contributed by atoms with Gasteiger partial charge in [0.2, 0.25) is 10.0 Å². The number of sulfonamides is 1. The van der Waals surface area contributed by atoms with E-state index in [2.05, 4.69) is 9.97 Å². The van der Waals surface area contributed by atoms with Crippen LogP contribution in [0, 0.1) is 0 Å². The second-order valence-corrected chi connectivity index (χ2v) is 10.1. The number of ether oxygens (including phenoxy) is 1. The number of nitrogens with zero attached hydrogens (tertiary/aromatic N) is 3. The highest BCUT2D eigenvalue weighted by atomic mass is 32.2. The highest BCUT2D eigenvalue weighted by Gasteiger charge is 2.27. The van der Waals surface area contributed by atoms with Gasteiger partial charge in [0.05, 0.1) is 22.7 Å². The molecule has 0 bridgehead atoms. The minimum absolute atomic E-state index is 0.0520. The maximum absolute atomic E-state index is 12.6. The van der Waals surface area contributed by atoms with Crippen molar-refractivity contribution in [3.63, 3.8) is 0 Å². The van der Waals surface area contributed by atoms with Crippen molar-refractivity contribution in [3.8, 4) is 10.7 Å². The average molecular weight is 472 g/mol. The van der Waals surface area contributed by atoms with E-state index in [9.17, 15) is 18.0 Å². The van der Waals surface area contributed by atoms with Crippen LogP contribution in [-0.4, -0.2) is 54.1 Å².